The topological polar surface area (TPSA) is 73.8 Å². The molecule has 0 N–H and O–H groups in total. The normalized spacial score (nSPS) is 18.9. The van der Waals surface area contributed by atoms with E-state index in [9.17, 15) is 13.2 Å². The average molecular weight is 483 g/mol. The number of nitrogens with zero attached hydrogens (tertiary/aromatic N) is 4. The number of anilines is 1. The van der Waals surface area contributed by atoms with Gasteiger partial charge in [-0.3, -0.25) is 4.79 Å². The number of amides is 1. The first-order valence-electron chi connectivity index (χ1n) is 10.3. The van der Waals surface area contributed by atoms with Gasteiger partial charge in [-0.2, -0.15) is 4.31 Å². The Bertz CT molecular complexity index is 1020. The van der Waals surface area contributed by atoms with E-state index in [0.717, 1.165) is 5.82 Å². The molecule has 0 atom stereocenters. The lowest BCUT2D eigenvalue weighted by molar-refractivity contribution is -0.137. The smallest absolute Gasteiger partial charge is 0.243 e. The molecule has 2 aromatic rings. The van der Waals surface area contributed by atoms with Crippen LogP contribution in [-0.4, -0.2) is 67.8 Å². The molecular weight excluding hydrogens is 459 g/mol. The minimum absolute atomic E-state index is 0.118. The van der Waals surface area contributed by atoms with E-state index in [2.05, 4.69) is 9.88 Å². The highest BCUT2D eigenvalue weighted by molar-refractivity contribution is 7.89. The number of pyridine rings is 1. The predicted molar refractivity (Wildman–Crippen MR) is 121 cm³/mol. The second-order valence-electron chi connectivity index (χ2n) is 7.78. The minimum atomic E-state index is -3.57. The molecule has 0 bridgehead atoms. The Morgan fingerprint density at radius 1 is 0.871 bits per heavy atom. The fraction of sp³-hybridized carbons (Fsp3) is 0.429. The summed E-state index contributed by atoms with van der Waals surface area (Å²) in [4.78, 5) is 21.6. The van der Waals surface area contributed by atoms with Gasteiger partial charge in [0.15, 0.2) is 0 Å². The fourth-order valence-corrected chi connectivity index (χ4v) is 5.78. The van der Waals surface area contributed by atoms with Gasteiger partial charge in [0.1, 0.15) is 5.82 Å². The SMILES string of the molecule is O=C(C1CCN(S(=O)(=O)c2ccc(Cl)cc2)CC1)N1CCN(c2ccc(Cl)cn2)CC1. The second-order valence-corrected chi connectivity index (χ2v) is 10.6. The van der Waals surface area contributed by atoms with Crippen molar-refractivity contribution >= 4 is 45.0 Å². The fourth-order valence-electron chi connectivity index (χ4n) is 4.07. The number of hydrogen-bond donors (Lipinski definition) is 0. The third kappa shape index (κ3) is 4.98. The Kier molecular flexibility index (Phi) is 6.71. The van der Waals surface area contributed by atoms with Crippen LogP contribution in [0.3, 0.4) is 0 Å². The van der Waals surface area contributed by atoms with Crippen molar-refractivity contribution in [1.29, 1.82) is 0 Å². The van der Waals surface area contributed by atoms with Gasteiger partial charge in [-0.1, -0.05) is 23.2 Å². The zero-order valence-corrected chi connectivity index (χ0v) is 19.3. The molecular formula is C21H24Cl2N4O3S. The Morgan fingerprint density at radius 3 is 2.06 bits per heavy atom. The van der Waals surface area contributed by atoms with Crippen molar-refractivity contribution < 1.29 is 13.2 Å². The van der Waals surface area contributed by atoms with Crippen molar-refractivity contribution in [2.75, 3.05) is 44.2 Å². The third-order valence-electron chi connectivity index (χ3n) is 5.88. The lowest BCUT2D eigenvalue weighted by Crippen LogP contribution is -2.52. The summed E-state index contributed by atoms with van der Waals surface area (Å²) in [5.41, 5.74) is 0. The summed E-state index contributed by atoms with van der Waals surface area (Å²) < 4.78 is 27.1. The number of halogens is 2. The van der Waals surface area contributed by atoms with Crippen LogP contribution in [0.25, 0.3) is 0 Å². The molecule has 4 rings (SSSR count). The van der Waals surface area contributed by atoms with Gasteiger partial charge in [-0.05, 0) is 49.2 Å². The van der Waals surface area contributed by atoms with E-state index in [4.69, 9.17) is 23.2 Å². The van der Waals surface area contributed by atoms with Gasteiger partial charge in [0.2, 0.25) is 15.9 Å². The third-order valence-corrected chi connectivity index (χ3v) is 8.27. The summed E-state index contributed by atoms with van der Waals surface area (Å²) in [7, 11) is -3.57. The van der Waals surface area contributed by atoms with Crippen LogP contribution >= 0.6 is 23.2 Å². The highest BCUT2D eigenvalue weighted by Crippen LogP contribution is 2.26. The molecule has 1 aromatic heterocycles. The van der Waals surface area contributed by atoms with Gasteiger partial charge in [-0.15, -0.1) is 0 Å². The Balaban J connectivity index is 1.30. The summed E-state index contributed by atoms with van der Waals surface area (Å²) in [6.45, 7) is 3.37. The van der Waals surface area contributed by atoms with E-state index in [0.29, 0.717) is 62.2 Å². The second kappa shape index (κ2) is 9.32. The summed E-state index contributed by atoms with van der Waals surface area (Å²) in [6.07, 6.45) is 2.69. The van der Waals surface area contributed by atoms with Crippen LogP contribution in [0, 0.1) is 5.92 Å². The predicted octanol–water partition coefficient (Wildman–Crippen LogP) is 3.14. The maximum atomic E-state index is 13.0. The first kappa shape index (κ1) is 22.3. The molecule has 2 aliphatic rings. The van der Waals surface area contributed by atoms with Crippen LogP contribution < -0.4 is 4.90 Å². The van der Waals surface area contributed by atoms with Crippen molar-refractivity contribution in [3.05, 3.63) is 52.6 Å². The monoisotopic (exact) mass is 482 g/mol. The number of carbonyl (C=O) groups excluding carboxylic acids is 1. The number of sulfonamides is 1. The molecule has 166 valence electrons. The molecule has 10 heteroatoms. The largest absolute Gasteiger partial charge is 0.353 e. The van der Waals surface area contributed by atoms with Crippen molar-refractivity contribution in [2.24, 2.45) is 5.92 Å². The number of carbonyl (C=O) groups is 1. The zero-order chi connectivity index (χ0) is 22.0. The molecule has 7 nitrogen and oxygen atoms in total. The number of rotatable bonds is 4. The van der Waals surface area contributed by atoms with Crippen molar-refractivity contribution in [1.82, 2.24) is 14.2 Å². The first-order chi connectivity index (χ1) is 14.8. The summed E-state index contributed by atoms with van der Waals surface area (Å²) >= 11 is 11.8. The molecule has 0 aliphatic carbocycles. The molecule has 1 aromatic carbocycles. The van der Waals surface area contributed by atoms with Crippen LogP contribution in [0.15, 0.2) is 47.5 Å². The van der Waals surface area contributed by atoms with Gasteiger partial charge < -0.3 is 9.80 Å². The van der Waals surface area contributed by atoms with Crippen molar-refractivity contribution in [3.63, 3.8) is 0 Å². The number of piperidine rings is 1. The molecule has 2 aliphatic heterocycles. The van der Waals surface area contributed by atoms with E-state index >= 15 is 0 Å². The van der Waals surface area contributed by atoms with Gasteiger partial charge in [0, 0.05) is 56.4 Å². The summed E-state index contributed by atoms with van der Waals surface area (Å²) in [5.74, 6) is 0.835. The van der Waals surface area contributed by atoms with Crippen LogP contribution in [0.2, 0.25) is 10.0 Å². The highest BCUT2D eigenvalue weighted by Gasteiger charge is 2.34. The molecule has 0 radical (unpaired) electrons. The van der Waals surface area contributed by atoms with Crippen molar-refractivity contribution in [2.45, 2.75) is 17.7 Å². The minimum Gasteiger partial charge on any atom is -0.353 e. The van der Waals surface area contributed by atoms with Gasteiger partial charge in [0.05, 0.1) is 9.92 Å². The van der Waals surface area contributed by atoms with E-state index in [1.807, 2.05) is 17.0 Å². The van der Waals surface area contributed by atoms with Crippen LogP contribution in [0.1, 0.15) is 12.8 Å². The van der Waals surface area contributed by atoms with E-state index in [-0.39, 0.29) is 16.7 Å². The standard InChI is InChI=1S/C21H24Cl2N4O3S/c22-17-1-4-19(5-2-17)31(29,30)27-9-7-16(8-10-27)21(28)26-13-11-25(12-14-26)20-6-3-18(23)15-24-20/h1-6,15-16H,7-14H2. The van der Waals surface area contributed by atoms with E-state index in [1.165, 1.54) is 16.4 Å². The lowest BCUT2D eigenvalue weighted by Gasteiger charge is -2.38. The van der Waals surface area contributed by atoms with Gasteiger partial charge >= 0.3 is 0 Å². The molecule has 0 unspecified atom stereocenters. The summed E-state index contributed by atoms with van der Waals surface area (Å²) in [5, 5.41) is 1.09. The van der Waals surface area contributed by atoms with Gasteiger partial charge in [0.25, 0.3) is 0 Å². The Labute approximate surface area is 192 Å². The molecule has 2 saturated heterocycles. The highest BCUT2D eigenvalue weighted by atomic mass is 35.5. The van der Waals surface area contributed by atoms with E-state index in [1.54, 1.807) is 18.3 Å². The molecule has 31 heavy (non-hydrogen) atoms. The number of piperazine rings is 1. The number of benzene rings is 1. The molecule has 3 heterocycles. The lowest BCUT2D eigenvalue weighted by atomic mass is 9.96. The molecule has 0 saturated carbocycles. The zero-order valence-electron chi connectivity index (χ0n) is 17.0. The molecule has 0 spiro atoms. The average Bonchev–Trinajstić information content (AvgIpc) is 2.80. The molecule has 1 amide bonds. The number of aromatic nitrogens is 1. The van der Waals surface area contributed by atoms with Crippen LogP contribution in [0.4, 0.5) is 5.82 Å². The maximum absolute atomic E-state index is 13.0. The van der Waals surface area contributed by atoms with Crippen LogP contribution in [0.5, 0.6) is 0 Å². The van der Waals surface area contributed by atoms with Crippen molar-refractivity contribution in [3.8, 4) is 0 Å². The van der Waals surface area contributed by atoms with Gasteiger partial charge in [-0.25, -0.2) is 13.4 Å². The number of hydrogen-bond acceptors (Lipinski definition) is 5. The maximum Gasteiger partial charge on any atom is 0.243 e. The Morgan fingerprint density at radius 2 is 1.48 bits per heavy atom. The first-order valence-corrected chi connectivity index (χ1v) is 12.5. The van der Waals surface area contributed by atoms with E-state index < -0.39 is 10.0 Å². The quantitative estimate of drug-likeness (QED) is 0.668. The Hall–Kier alpha value is -1.87. The molecule has 2 fully saturated rings. The summed E-state index contributed by atoms with van der Waals surface area (Å²) in [6, 6.07) is 9.88. The van der Waals surface area contributed by atoms with Crippen LogP contribution in [-0.2, 0) is 14.8 Å².